The van der Waals surface area contributed by atoms with Crippen LogP contribution in [0.3, 0.4) is 0 Å². The molecular weight excluding hydrogens is 350 g/mol. The van der Waals surface area contributed by atoms with Gasteiger partial charge in [-0.25, -0.2) is 4.79 Å². The predicted molar refractivity (Wildman–Crippen MR) is 101 cm³/mol. The monoisotopic (exact) mass is 369 g/mol. The number of anilines is 1. The minimum atomic E-state index is -0.597. The first-order valence-electron chi connectivity index (χ1n) is 8.50. The fourth-order valence-corrected chi connectivity index (χ4v) is 2.82. The van der Waals surface area contributed by atoms with E-state index < -0.39 is 10.7 Å². The lowest BCUT2D eigenvalue weighted by Crippen LogP contribution is -2.17. The van der Waals surface area contributed by atoms with Gasteiger partial charge in [0.25, 0.3) is 5.69 Å². The van der Waals surface area contributed by atoms with Crippen LogP contribution in [-0.4, -0.2) is 15.4 Å². The number of nitrogens with one attached hydrogen (secondary N) is 1. The summed E-state index contributed by atoms with van der Waals surface area (Å²) >= 11 is 0. The zero-order valence-electron chi connectivity index (χ0n) is 15.0. The van der Waals surface area contributed by atoms with Crippen LogP contribution in [0.4, 0.5) is 11.4 Å². The molecule has 1 heterocycles. The lowest BCUT2D eigenvalue weighted by Gasteiger charge is -2.08. The van der Waals surface area contributed by atoms with Gasteiger partial charge in [-0.3, -0.25) is 19.5 Å². The summed E-state index contributed by atoms with van der Waals surface area (Å²) in [5, 5.41) is 13.6. The Morgan fingerprint density at radius 2 is 1.96 bits per heavy atom. The Kier molecular flexibility index (Phi) is 5.07. The van der Waals surface area contributed by atoms with Gasteiger partial charge in [-0.05, 0) is 49.6 Å². The minimum Gasteiger partial charge on any atom is -0.407 e. The normalized spacial score (nSPS) is 10.9. The maximum Gasteiger partial charge on any atom is 0.419 e. The molecule has 0 aliphatic rings. The number of aryl methyl sites for hydroxylation is 3. The number of rotatable bonds is 6. The van der Waals surface area contributed by atoms with E-state index in [0.29, 0.717) is 11.9 Å². The zero-order valence-corrected chi connectivity index (χ0v) is 15.0. The second kappa shape index (κ2) is 7.45. The average Bonchev–Trinajstić information content (AvgIpc) is 2.93. The number of carbonyl (C=O) groups excluding carboxylic acids is 1. The van der Waals surface area contributed by atoms with Crippen LogP contribution in [0.25, 0.3) is 11.1 Å². The number of nitro benzene ring substituents is 1. The molecule has 3 rings (SSSR count). The van der Waals surface area contributed by atoms with E-state index in [0.717, 1.165) is 16.8 Å². The number of carbonyl (C=O) groups is 1. The molecule has 1 amide bonds. The van der Waals surface area contributed by atoms with Gasteiger partial charge in [0.05, 0.1) is 16.5 Å². The van der Waals surface area contributed by atoms with E-state index >= 15 is 0 Å². The highest BCUT2D eigenvalue weighted by Crippen LogP contribution is 2.20. The van der Waals surface area contributed by atoms with E-state index in [4.69, 9.17) is 4.42 Å². The largest absolute Gasteiger partial charge is 0.419 e. The number of nitrogens with zero attached hydrogens (tertiary/aromatic N) is 2. The third kappa shape index (κ3) is 4.05. The number of aromatic nitrogens is 1. The average molecular weight is 369 g/mol. The number of benzene rings is 2. The topological polar surface area (TPSA) is 107 Å². The molecule has 0 spiro atoms. The van der Waals surface area contributed by atoms with Gasteiger partial charge in [0.1, 0.15) is 0 Å². The van der Waals surface area contributed by atoms with Crippen molar-refractivity contribution in [3.8, 4) is 0 Å². The molecule has 1 aromatic heterocycles. The Bertz CT molecular complexity index is 1080. The second-order valence-corrected chi connectivity index (χ2v) is 6.38. The number of hydrogen-bond donors (Lipinski definition) is 1. The van der Waals surface area contributed by atoms with Gasteiger partial charge in [0.2, 0.25) is 5.91 Å². The van der Waals surface area contributed by atoms with Crippen LogP contribution in [0.2, 0.25) is 0 Å². The van der Waals surface area contributed by atoms with Crippen molar-refractivity contribution in [2.24, 2.45) is 0 Å². The first-order valence-corrected chi connectivity index (χ1v) is 8.50. The van der Waals surface area contributed by atoms with E-state index in [1.807, 2.05) is 32.0 Å². The number of nitro groups is 1. The van der Waals surface area contributed by atoms with Crippen LogP contribution in [0.5, 0.6) is 0 Å². The Morgan fingerprint density at radius 3 is 2.67 bits per heavy atom. The summed E-state index contributed by atoms with van der Waals surface area (Å²) in [5.41, 5.74) is 3.48. The molecule has 2 aromatic carbocycles. The molecule has 140 valence electrons. The van der Waals surface area contributed by atoms with Crippen LogP contribution in [0, 0.1) is 24.0 Å². The second-order valence-electron chi connectivity index (χ2n) is 6.38. The molecule has 27 heavy (non-hydrogen) atoms. The number of amides is 1. The molecule has 0 unspecified atom stereocenters. The molecule has 0 atom stereocenters. The highest BCUT2D eigenvalue weighted by Gasteiger charge is 2.14. The zero-order chi connectivity index (χ0) is 19.6. The Morgan fingerprint density at radius 1 is 1.19 bits per heavy atom. The summed E-state index contributed by atoms with van der Waals surface area (Å²) in [7, 11) is 0. The fourth-order valence-electron chi connectivity index (χ4n) is 2.82. The summed E-state index contributed by atoms with van der Waals surface area (Å²) in [5.74, 6) is -0.741. The van der Waals surface area contributed by atoms with Crippen molar-refractivity contribution < 1.29 is 14.1 Å². The van der Waals surface area contributed by atoms with Gasteiger partial charge in [0, 0.05) is 24.7 Å². The van der Waals surface area contributed by atoms with Crippen molar-refractivity contribution in [1.29, 1.82) is 0 Å². The van der Waals surface area contributed by atoms with E-state index in [1.54, 1.807) is 0 Å². The molecular formula is C19H19N3O5. The number of non-ortho nitro benzene ring substituents is 1. The van der Waals surface area contributed by atoms with Crippen LogP contribution < -0.4 is 11.1 Å². The van der Waals surface area contributed by atoms with Crippen molar-refractivity contribution in [2.45, 2.75) is 33.2 Å². The van der Waals surface area contributed by atoms with Gasteiger partial charge in [0.15, 0.2) is 5.58 Å². The third-order valence-corrected chi connectivity index (χ3v) is 4.44. The van der Waals surface area contributed by atoms with E-state index in [-0.39, 0.29) is 30.1 Å². The van der Waals surface area contributed by atoms with Crippen LogP contribution in [-0.2, 0) is 11.3 Å². The van der Waals surface area contributed by atoms with Gasteiger partial charge in [-0.2, -0.15) is 0 Å². The summed E-state index contributed by atoms with van der Waals surface area (Å²) in [4.78, 5) is 34.4. The van der Waals surface area contributed by atoms with Crippen LogP contribution >= 0.6 is 0 Å². The van der Waals surface area contributed by atoms with E-state index in [2.05, 4.69) is 5.32 Å². The summed E-state index contributed by atoms with van der Waals surface area (Å²) in [6.07, 6.45) is 0.668. The summed E-state index contributed by atoms with van der Waals surface area (Å²) < 4.78 is 6.45. The van der Waals surface area contributed by atoms with E-state index in [1.165, 1.54) is 22.8 Å². The molecule has 0 fully saturated rings. The van der Waals surface area contributed by atoms with Crippen molar-refractivity contribution in [3.63, 3.8) is 0 Å². The predicted octanol–water partition coefficient (Wildman–Crippen LogP) is 3.54. The van der Waals surface area contributed by atoms with Crippen molar-refractivity contribution in [1.82, 2.24) is 4.57 Å². The molecule has 0 aliphatic carbocycles. The lowest BCUT2D eigenvalue weighted by atomic mass is 10.1. The SMILES string of the molecule is Cc1ccc(NC(=O)CCCn2c(=O)oc3cc([N+](=O)[O-])ccc32)cc1C. The van der Waals surface area contributed by atoms with Crippen molar-refractivity contribution in [2.75, 3.05) is 5.32 Å². The van der Waals surface area contributed by atoms with E-state index in [9.17, 15) is 19.7 Å². The Hall–Kier alpha value is -3.42. The minimum absolute atomic E-state index is 0.142. The van der Waals surface area contributed by atoms with Gasteiger partial charge >= 0.3 is 5.76 Å². The first-order chi connectivity index (χ1) is 12.8. The Balaban J connectivity index is 1.64. The van der Waals surface area contributed by atoms with Crippen molar-refractivity contribution in [3.05, 3.63) is 68.2 Å². The molecule has 0 radical (unpaired) electrons. The molecule has 0 saturated carbocycles. The molecule has 8 nitrogen and oxygen atoms in total. The quantitative estimate of drug-likeness (QED) is 0.528. The molecule has 1 N–H and O–H groups in total. The van der Waals surface area contributed by atoms with Crippen LogP contribution in [0.15, 0.2) is 45.6 Å². The maximum absolute atomic E-state index is 12.1. The fraction of sp³-hybridized carbons (Fsp3) is 0.263. The molecule has 3 aromatic rings. The van der Waals surface area contributed by atoms with Gasteiger partial charge < -0.3 is 9.73 Å². The smallest absolute Gasteiger partial charge is 0.407 e. The summed E-state index contributed by atoms with van der Waals surface area (Å²) in [6, 6.07) is 9.73. The lowest BCUT2D eigenvalue weighted by molar-refractivity contribution is -0.384. The highest BCUT2D eigenvalue weighted by atomic mass is 16.6. The molecule has 0 aliphatic heterocycles. The molecule has 0 saturated heterocycles. The highest BCUT2D eigenvalue weighted by molar-refractivity contribution is 5.90. The third-order valence-electron chi connectivity index (χ3n) is 4.44. The summed E-state index contributed by atoms with van der Waals surface area (Å²) in [6.45, 7) is 4.26. The number of fused-ring (bicyclic) bond motifs is 1. The Labute approximate surface area is 154 Å². The standard InChI is InChI=1S/C19H19N3O5/c1-12-5-6-14(10-13(12)2)20-18(23)4-3-9-21-16-8-7-15(22(25)26)11-17(16)27-19(21)24/h5-8,10-11H,3-4,9H2,1-2H3,(H,20,23). The molecule has 8 heteroatoms. The number of oxazole rings is 1. The van der Waals surface area contributed by atoms with Gasteiger partial charge in [-0.15, -0.1) is 0 Å². The number of hydrogen-bond acceptors (Lipinski definition) is 5. The van der Waals surface area contributed by atoms with Crippen LogP contribution in [0.1, 0.15) is 24.0 Å². The van der Waals surface area contributed by atoms with Crippen molar-refractivity contribution >= 4 is 28.4 Å². The first kappa shape index (κ1) is 18.4. The van der Waals surface area contributed by atoms with Gasteiger partial charge in [-0.1, -0.05) is 6.07 Å². The maximum atomic E-state index is 12.1. The molecule has 0 bridgehead atoms.